The molecule has 1 aromatic heterocycles. The highest BCUT2D eigenvalue weighted by molar-refractivity contribution is 9.11. The first-order chi connectivity index (χ1) is 12.3. The van der Waals surface area contributed by atoms with Gasteiger partial charge in [-0.25, -0.2) is 5.43 Å². The van der Waals surface area contributed by atoms with Crippen LogP contribution >= 0.6 is 43.2 Å². The molecule has 0 aliphatic rings. The van der Waals surface area contributed by atoms with Crippen LogP contribution in [0, 0.1) is 10.1 Å². The lowest BCUT2D eigenvalue weighted by atomic mass is 10.2. The van der Waals surface area contributed by atoms with Gasteiger partial charge in [-0.3, -0.25) is 14.9 Å². The molecule has 1 heterocycles. The summed E-state index contributed by atoms with van der Waals surface area (Å²) in [6, 6.07) is 9.33. The number of phenols is 1. The van der Waals surface area contributed by atoms with Gasteiger partial charge in [-0.05, 0) is 61.7 Å². The van der Waals surface area contributed by atoms with E-state index in [2.05, 4.69) is 42.4 Å². The molecule has 132 valence electrons. The number of hydrogen-bond donors (Lipinski definition) is 2. The molecule has 3 aromatic rings. The van der Waals surface area contributed by atoms with Gasteiger partial charge in [0.25, 0.3) is 11.6 Å². The van der Waals surface area contributed by atoms with E-state index < -0.39 is 10.8 Å². The fourth-order valence-electron chi connectivity index (χ4n) is 2.14. The number of non-ortho nitro benzene ring substituents is 1. The summed E-state index contributed by atoms with van der Waals surface area (Å²) in [7, 11) is 0. The van der Waals surface area contributed by atoms with E-state index in [0.29, 0.717) is 24.8 Å². The Morgan fingerprint density at radius 1 is 1.23 bits per heavy atom. The van der Waals surface area contributed by atoms with Crippen LogP contribution in [0.25, 0.3) is 10.1 Å². The number of halogens is 2. The van der Waals surface area contributed by atoms with Gasteiger partial charge in [-0.1, -0.05) is 0 Å². The smallest absolute Gasteiger partial charge is 0.281 e. The van der Waals surface area contributed by atoms with Crippen LogP contribution in [0.5, 0.6) is 5.75 Å². The molecule has 1 amide bonds. The molecule has 0 atom stereocenters. The molecule has 0 saturated carbocycles. The van der Waals surface area contributed by atoms with Crippen LogP contribution in [-0.4, -0.2) is 22.2 Å². The zero-order valence-electron chi connectivity index (χ0n) is 12.8. The number of nitro benzene ring substituents is 1. The topological polar surface area (TPSA) is 105 Å². The number of nitro groups is 1. The number of carbonyl (C=O) groups is 1. The molecule has 0 fully saturated rings. The summed E-state index contributed by atoms with van der Waals surface area (Å²) in [5.41, 5.74) is 3.05. The van der Waals surface area contributed by atoms with Gasteiger partial charge in [0.05, 0.1) is 25.0 Å². The summed E-state index contributed by atoms with van der Waals surface area (Å²) in [6.45, 7) is 0. The van der Waals surface area contributed by atoms with Crippen molar-refractivity contribution >= 4 is 71.1 Å². The number of hydrazone groups is 1. The molecule has 0 bridgehead atoms. The third-order valence-corrected chi connectivity index (χ3v) is 5.68. The average molecular weight is 499 g/mol. The van der Waals surface area contributed by atoms with E-state index in [1.807, 2.05) is 0 Å². The van der Waals surface area contributed by atoms with Crippen LogP contribution in [0.15, 0.2) is 50.4 Å². The van der Waals surface area contributed by atoms with Crippen molar-refractivity contribution in [1.29, 1.82) is 0 Å². The lowest BCUT2D eigenvalue weighted by Gasteiger charge is -2.02. The average Bonchev–Trinajstić information content (AvgIpc) is 3.02. The minimum Gasteiger partial charge on any atom is -0.506 e. The van der Waals surface area contributed by atoms with Gasteiger partial charge in [0, 0.05) is 22.2 Å². The Morgan fingerprint density at radius 2 is 1.92 bits per heavy atom. The molecule has 0 unspecified atom stereocenters. The highest BCUT2D eigenvalue weighted by Crippen LogP contribution is 2.33. The molecule has 10 heteroatoms. The summed E-state index contributed by atoms with van der Waals surface area (Å²) in [5, 5.41) is 25.0. The number of thiophene rings is 1. The molecule has 7 nitrogen and oxygen atoms in total. The Morgan fingerprint density at radius 3 is 2.58 bits per heavy atom. The fourth-order valence-corrected chi connectivity index (χ4v) is 4.29. The van der Waals surface area contributed by atoms with Crippen molar-refractivity contribution < 1.29 is 14.8 Å². The normalized spacial score (nSPS) is 11.2. The second kappa shape index (κ2) is 7.52. The van der Waals surface area contributed by atoms with Crippen LogP contribution in [0.3, 0.4) is 0 Å². The standard InChI is InChI=1S/C16H9Br2N3O4S/c17-11-3-8(4-12(18)15(11)22)7-19-20-16(23)14-6-9-5-10(21(24)25)1-2-13(9)26-14/h1-7,22H,(H,20,23). The number of aromatic hydroxyl groups is 1. The van der Waals surface area contributed by atoms with E-state index >= 15 is 0 Å². The molecule has 2 aromatic carbocycles. The van der Waals surface area contributed by atoms with Crippen molar-refractivity contribution in [3.63, 3.8) is 0 Å². The van der Waals surface area contributed by atoms with Crippen molar-refractivity contribution in [1.82, 2.24) is 5.43 Å². The Balaban J connectivity index is 1.76. The first-order valence-electron chi connectivity index (χ1n) is 7.04. The molecule has 3 rings (SSSR count). The predicted octanol–water partition coefficient (Wildman–Crippen LogP) is 4.80. The van der Waals surface area contributed by atoms with Crippen molar-refractivity contribution in [2.45, 2.75) is 0 Å². The summed E-state index contributed by atoms with van der Waals surface area (Å²) in [4.78, 5) is 22.9. The predicted molar refractivity (Wildman–Crippen MR) is 107 cm³/mol. The zero-order chi connectivity index (χ0) is 18.8. The van der Waals surface area contributed by atoms with Gasteiger partial charge in [-0.2, -0.15) is 5.10 Å². The van der Waals surface area contributed by atoms with E-state index in [0.717, 1.165) is 4.70 Å². The monoisotopic (exact) mass is 497 g/mol. The molecule has 0 aliphatic carbocycles. The van der Waals surface area contributed by atoms with Gasteiger partial charge >= 0.3 is 0 Å². The molecular weight excluding hydrogens is 490 g/mol. The molecular formula is C16H9Br2N3O4S. The first-order valence-corrected chi connectivity index (χ1v) is 9.45. The minimum atomic E-state index is -0.477. The number of fused-ring (bicyclic) bond motifs is 1. The number of nitrogens with zero attached hydrogens (tertiary/aromatic N) is 2. The number of rotatable bonds is 4. The molecule has 0 spiro atoms. The summed E-state index contributed by atoms with van der Waals surface area (Å²) >= 11 is 7.65. The zero-order valence-corrected chi connectivity index (χ0v) is 16.8. The third-order valence-electron chi connectivity index (χ3n) is 3.35. The van der Waals surface area contributed by atoms with Crippen LogP contribution in [0.1, 0.15) is 15.2 Å². The van der Waals surface area contributed by atoms with E-state index in [9.17, 15) is 20.0 Å². The Hall–Kier alpha value is -2.30. The maximum absolute atomic E-state index is 12.2. The van der Waals surface area contributed by atoms with Crippen LogP contribution in [0.4, 0.5) is 5.69 Å². The maximum atomic E-state index is 12.2. The molecule has 0 saturated heterocycles. The number of hydrogen-bond acceptors (Lipinski definition) is 6. The molecule has 26 heavy (non-hydrogen) atoms. The van der Waals surface area contributed by atoms with Gasteiger partial charge in [0.2, 0.25) is 0 Å². The lowest BCUT2D eigenvalue weighted by molar-refractivity contribution is -0.384. The second-order valence-corrected chi connectivity index (χ2v) is 7.91. The van der Waals surface area contributed by atoms with Crippen LogP contribution < -0.4 is 5.43 Å². The number of amides is 1. The largest absolute Gasteiger partial charge is 0.506 e. The summed E-state index contributed by atoms with van der Waals surface area (Å²) in [6.07, 6.45) is 1.44. The Labute approximate surface area is 167 Å². The van der Waals surface area contributed by atoms with Crippen molar-refractivity contribution in [3.05, 3.63) is 65.9 Å². The van der Waals surface area contributed by atoms with Gasteiger partial charge in [-0.15, -0.1) is 11.3 Å². The third kappa shape index (κ3) is 3.92. The second-order valence-electron chi connectivity index (χ2n) is 5.12. The first kappa shape index (κ1) is 18.5. The van der Waals surface area contributed by atoms with Crippen molar-refractivity contribution in [2.24, 2.45) is 5.10 Å². The number of phenolic OH excluding ortho intramolecular Hbond substituents is 1. The fraction of sp³-hybridized carbons (Fsp3) is 0. The highest BCUT2D eigenvalue weighted by Gasteiger charge is 2.13. The molecule has 0 aliphatic heterocycles. The lowest BCUT2D eigenvalue weighted by Crippen LogP contribution is -2.16. The molecule has 2 N–H and O–H groups in total. The van der Waals surface area contributed by atoms with Gasteiger partial charge < -0.3 is 5.11 Å². The number of carbonyl (C=O) groups excluding carboxylic acids is 1. The summed E-state index contributed by atoms with van der Waals surface area (Å²) < 4.78 is 1.76. The Kier molecular flexibility index (Phi) is 5.35. The van der Waals surface area contributed by atoms with E-state index in [1.165, 1.54) is 29.7 Å². The SMILES string of the molecule is O=C(NN=Cc1cc(Br)c(O)c(Br)c1)c1cc2cc([N+](=O)[O-])ccc2s1. The number of nitrogens with one attached hydrogen (secondary N) is 1. The van der Waals surface area contributed by atoms with Gasteiger partial charge in [0.1, 0.15) is 5.75 Å². The van der Waals surface area contributed by atoms with E-state index in [-0.39, 0.29) is 11.4 Å². The highest BCUT2D eigenvalue weighted by atomic mass is 79.9. The number of benzene rings is 2. The quantitative estimate of drug-likeness (QED) is 0.306. The van der Waals surface area contributed by atoms with Gasteiger partial charge in [0.15, 0.2) is 0 Å². The minimum absolute atomic E-state index is 0.0243. The van der Waals surface area contributed by atoms with Crippen LogP contribution in [0.2, 0.25) is 0 Å². The van der Waals surface area contributed by atoms with Crippen molar-refractivity contribution in [2.75, 3.05) is 0 Å². The van der Waals surface area contributed by atoms with E-state index in [1.54, 1.807) is 24.3 Å². The van der Waals surface area contributed by atoms with Crippen molar-refractivity contribution in [3.8, 4) is 5.75 Å². The van der Waals surface area contributed by atoms with Crippen LogP contribution in [-0.2, 0) is 0 Å². The molecule has 0 radical (unpaired) electrons. The van der Waals surface area contributed by atoms with E-state index in [4.69, 9.17) is 0 Å². The Bertz CT molecular complexity index is 1040. The summed E-state index contributed by atoms with van der Waals surface area (Å²) in [5.74, 6) is -0.340. The maximum Gasteiger partial charge on any atom is 0.281 e.